The van der Waals surface area contributed by atoms with Crippen LogP contribution in [0.5, 0.6) is 0 Å². The number of hydrogen-bond donors (Lipinski definition) is 1. The smallest absolute Gasteiger partial charge is 0.0465 e. The van der Waals surface area contributed by atoms with Gasteiger partial charge in [-0.05, 0) is 49.4 Å². The number of hydrogen-bond acceptors (Lipinski definition) is 2. The van der Waals surface area contributed by atoms with Crippen molar-refractivity contribution in [3.63, 3.8) is 0 Å². The molecule has 1 fully saturated rings. The number of nitrogens with two attached hydrogens (primary N) is 1. The lowest BCUT2D eigenvalue weighted by atomic mass is 9.69. The molecule has 2 unspecified atom stereocenters. The molecule has 0 amide bonds. The van der Waals surface area contributed by atoms with Crippen molar-refractivity contribution in [1.29, 1.82) is 0 Å². The van der Waals surface area contributed by atoms with Gasteiger partial charge in [-0.25, -0.2) is 0 Å². The van der Waals surface area contributed by atoms with Gasteiger partial charge in [0.2, 0.25) is 0 Å². The molecule has 16 heavy (non-hydrogen) atoms. The minimum Gasteiger partial charge on any atom is -0.385 e. The van der Waals surface area contributed by atoms with E-state index in [1.807, 2.05) is 0 Å². The van der Waals surface area contributed by atoms with Crippen LogP contribution in [0.1, 0.15) is 52.9 Å². The third-order valence-corrected chi connectivity index (χ3v) is 4.36. The first-order valence-electron chi connectivity index (χ1n) is 6.71. The molecule has 1 rings (SSSR count). The second kappa shape index (κ2) is 6.02. The fourth-order valence-electron chi connectivity index (χ4n) is 2.77. The molecule has 96 valence electrons. The first-order chi connectivity index (χ1) is 7.46. The molecule has 2 heteroatoms. The molecule has 0 saturated heterocycles. The van der Waals surface area contributed by atoms with Crippen LogP contribution < -0.4 is 5.73 Å². The Morgan fingerprint density at radius 2 is 1.88 bits per heavy atom. The van der Waals surface area contributed by atoms with Crippen molar-refractivity contribution < 1.29 is 4.74 Å². The summed E-state index contributed by atoms with van der Waals surface area (Å²) in [7, 11) is 1.77. The van der Waals surface area contributed by atoms with Crippen molar-refractivity contribution in [3.8, 4) is 0 Å². The van der Waals surface area contributed by atoms with Crippen molar-refractivity contribution in [2.45, 2.75) is 58.9 Å². The lowest BCUT2D eigenvalue weighted by Crippen LogP contribution is -2.39. The first-order valence-corrected chi connectivity index (χ1v) is 6.71. The quantitative estimate of drug-likeness (QED) is 0.783. The molecule has 1 aliphatic carbocycles. The summed E-state index contributed by atoms with van der Waals surface area (Å²) in [6.45, 7) is 7.86. The van der Waals surface area contributed by atoms with Gasteiger partial charge in [0.05, 0.1) is 0 Å². The Kier molecular flexibility index (Phi) is 5.26. The molecule has 1 saturated carbocycles. The highest BCUT2D eigenvalue weighted by atomic mass is 16.5. The SMILES string of the molecule is COCCC(C)C(N)C1CCC(C)(C)CC1. The summed E-state index contributed by atoms with van der Waals surface area (Å²) in [4.78, 5) is 0. The highest BCUT2D eigenvalue weighted by molar-refractivity contribution is 4.85. The lowest BCUT2D eigenvalue weighted by Gasteiger charge is -2.38. The van der Waals surface area contributed by atoms with Crippen LogP contribution >= 0.6 is 0 Å². The van der Waals surface area contributed by atoms with Crippen molar-refractivity contribution in [2.75, 3.05) is 13.7 Å². The fourth-order valence-corrected chi connectivity index (χ4v) is 2.77. The maximum atomic E-state index is 6.37. The molecule has 2 N–H and O–H groups in total. The van der Waals surface area contributed by atoms with E-state index in [9.17, 15) is 0 Å². The largest absolute Gasteiger partial charge is 0.385 e. The molecule has 0 aliphatic heterocycles. The molecule has 0 radical (unpaired) electrons. The summed E-state index contributed by atoms with van der Waals surface area (Å²) in [6, 6.07) is 0.367. The van der Waals surface area contributed by atoms with Gasteiger partial charge in [0.1, 0.15) is 0 Å². The topological polar surface area (TPSA) is 35.2 Å². The fraction of sp³-hybridized carbons (Fsp3) is 1.00. The Balaban J connectivity index is 2.34. The van der Waals surface area contributed by atoms with E-state index in [2.05, 4.69) is 20.8 Å². The zero-order valence-corrected chi connectivity index (χ0v) is 11.5. The number of rotatable bonds is 5. The van der Waals surface area contributed by atoms with Crippen LogP contribution in [0.25, 0.3) is 0 Å². The predicted molar refractivity (Wildman–Crippen MR) is 69.4 cm³/mol. The zero-order valence-electron chi connectivity index (χ0n) is 11.5. The summed E-state index contributed by atoms with van der Waals surface area (Å²) in [6.07, 6.45) is 6.39. The summed E-state index contributed by atoms with van der Waals surface area (Å²) < 4.78 is 5.13. The average molecular weight is 227 g/mol. The van der Waals surface area contributed by atoms with E-state index in [4.69, 9.17) is 10.5 Å². The van der Waals surface area contributed by atoms with E-state index in [-0.39, 0.29) is 0 Å². The van der Waals surface area contributed by atoms with Gasteiger partial charge < -0.3 is 10.5 Å². The third kappa shape index (κ3) is 4.06. The maximum Gasteiger partial charge on any atom is 0.0465 e. The van der Waals surface area contributed by atoms with Crippen LogP contribution in [0.15, 0.2) is 0 Å². The summed E-state index contributed by atoms with van der Waals surface area (Å²) in [5.41, 5.74) is 6.91. The van der Waals surface area contributed by atoms with Crippen LogP contribution in [-0.2, 0) is 4.74 Å². The van der Waals surface area contributed by atoms with Crippen LogP contribution in [0.3, 0.4) is 0 Å². The second-order valence-corrected chi connectivity index (χ2v) is 6.34. The van der Waals surface area contributed by atoms with E-state index < -0.39 is 0 Å². The molecule has 0 aromatic rings. The number of methoxy groups -OCH3 is 1. The van der Waals surface area contributed by atoms with Crippen LogP contribution in [-0.4, -0.2) is 19.8 Å². The standard InChI is InChI=1S/C14H29NO/c1-11(7-10-16-4)13(15)12-5-8-14(2,3)9-6-12/h11-13H,5-10,15H2,1-4H3. The van der Waals surface area contributed by atoms with E-state index >= 15 is 0 Å². The highest BCUT2D eigenvalue weighted by Gasteiger charge is 2.31. The molecule has 0 aromatic heterocycles. The minimum atomic E-state index is 0.367. The molecule has 0 aromatic carbocycles. The van der Waals surface area contributed by atoms with Crippen molar-refractivity contribution >= 4 is 0 Å². The van der Waals surface area contributed by atoms with Crippen LogP contribution in [0.4, 0.5) is 0 Å². The van der Waals surface area contributed by atoms with Gasteiger partial charge in [-0.15, -0.1) is 0 Å². The zero-order chi connectivity index (χ0) is 12.2. The highest BCUT2D eigenvalue weighted by Crippen LogP contribution is 2.40. The van der Waals surface area contributed by atoms with Gasteiger partial charge in [-0.1, -0.05) is 20.8 Å². The van der Waals surface area contributed by atoms with Crippen molar-refractivity contribution in [3.05, 3.63) is 0 Å². The summed E-state index contributed by atoms with van der Waals surface area (Å²) in [5.74, 6) is 1.33. The van der Waals surface area contributed by atoms with Gasteiger partial charge in [-0.3, -0.25) is 0 Å². The van der Waals surface area contributed by atoms with Crippen molar-refractivity contribution in [1.82, 2.24) is 0 Å². The summed E-state index contributed by atoms with van der Waals surface area (Å²) >= 11 is 0. The Bertz CT molecular complexity index is 193. The van der Waals surface area contributed by atoms with Crippen molar-refractivity contribution in [2.24, 2.45) is 23.0 Å². The van der Waals surface area contributed by atoms with Gasteiger partial charge >= 0.3 is 0 Å². The molecular weight excluding hydrogens is 198 g/mol. The predicted octanol–water partition coefficient (Wildman–Crippen LogP) is 3.20. The molecule has 2 nitrogen and oxygen atoms in total. The normalized spacial score (nSPS) is 25.3. The Morgan fingerprint density at radius 1 is 1.31 bits per heavy atom. The van der Waals surface area contributed by atoms with Gasteiger partial charge in [0, 0.05) is 19.8 Å². The Labute approximate surface area is 101 Å². The van der Waals surface area contributed by atoms with E-state index in [0.29, 0.717) is 17.4 Å². The molecular formula is C14H29NO. The van der Waals surface area contributed by atoms with Crippen LogP contribution in [0.2, 0.25) is 0 Å². The summed E-state index contributed by atoms with van der Waals surface area (Å²) in [5, 5.41) is 0. The van der Waals surface area contributed by atoms with Gasteiger partial charge in [0.15, 0.2) is 0 Å². The van der Waals surface area contributed by atoms with Crippen LogP contribution in [0, 0.1) is 17.3 Å². The molecule has 0 spiro atoms. The minimum absolute atomic E-state index is 0.367. The molecule has 0 bridgehead atoms. The number of ether oxygens (including phenoxy) is 1. The Morgan fingerprint density at radius 3 is 2.38 bits per heavy atom. The maximum absolute atomic E-state index is 6.37. The molecule has 1 aliphatic rings. The first kappa shape index (κ1) is 14.0. The van der Waals surface area contributed by atoms with E-state index in [1.54, 1.807) is 7.11 Å². The second-order valence-electron chi connectivity index (χ2n) is 6.34. The van der Waals surface area contributed by atoms with Gasteiger partial charge in [-0.2, -0.15) is 0 Å². The monoisotopic (exact) mass is 227 g/mol. The Hall–Kier alpha value is -0.0800. The molecule has 2 atom stereocenters. The average Bonchev–Trinajstić information content (AvgIpc) is 2.25. The lowest BCUT2D eigenvalue weighted by molar-refractivity contribution is 0.133. The van der Waals surface area contributed by atoms with E-state index in [0.717, 1.165) is 18.9 Å². The third-order valence-electron chi connectivity index (χ3n) is 4.36. The molecule has 0 heterocycles. The van der Waals surface area contributed by atoms with Gasteiger partial charge in [0.25, 0.3) is 0 Å². The van der Waals surface area contributed by atoms with E-state index in [1.165, 1.54) is 25.7 Å².